The molecule has 0 heterocycles. The van der Waals surface area contributed by atoms with Crippen molar-refractivity contribution in [1.82, 2.24) is 5.32 Å². The van der Waals surface area contributed by atoms with Crippen LogP contribution in [-0.2, 0) is 10.9 Å². The Morgan fingerprint density at radius 2 is 1.96 bits per heavy atom. The van der Waals surface area contributed by atoms with Crippen LogP contribution in [0, 0.1) is 0 Å². The summed E-state index contributed by atoms with van der Waals surface area (Å²) in [4.78, 5) is 11.4. The predicted molar refractivity (Wildman–Crippen MR) is 81.0 cm³/mol. The van der Waals surface area contributed by atoms with Crippen LogP contribution in [0.5, 0.6) is 5.75 Å². The maximum Gasteiger partial charge on any atom is 0.417 e. The maximum atomic E-state index is 12.8. The van der Waals surface area contributed by atoms with Gasteiger partial charge in [0.1, 0.15) is 11.4 Å². The highest BCUT2D eigenvalue weighted by molar-refractivity contribution is 5.67. The van der Waals surface area contributed by atoms with Gasteiger partial charge in [-0.05, 0) is 44.9 Å². The average Bonchev–Trinajstić information content (AvgIpc) is 2.36. The summed E-state index contributed by atoms with van der Waals surface area (Å²) in [6, 6.07) is 3.06. The van der Waals surface area contributed by atoms with E-state index in [4.69, 9.17) is 4.74 Å². The van der Waals surface area contributed by atoms with Gasteiger partial charge in [0, 0.05) is 6.54 Å². The molecule has 0 unspecified atom stereocenters. The number of ether oxygens (including phenoxy) is 1. The van der Waals surface area contributed by atoms with E-state index < -0.39 is 29.2 Å². The SMILES string of the molecule is CC(C)(C)OC(=O)NCCC=Cc1ccc(O)cc1C(F)(F)F. The standard InChI is InChI=1S/C16H20F3NO3/c1-15(2,3)23-14(22)20-9-5-4-6-11-7-8-12(21)10-13(11)16(17,18)19/h4,6-8,10,21H,5,9H2,1-3H3,(H,20,22). The lowest BCUT2D eigenvalue weighted by Gasteiger charge is -2.19. The molecule has 128 valence electrons. The van der Waals surface area contributed by atoms with E-state index in [2.05, 4.69) is 5.32 Å². The molecule has 23 heavy (non-hydrogen) atoms. The van der Waals surface area contributed by atoms with Gasteiger partial charge in [0.15, 0.2) is 0 Å². The van der Waals surface area contributed by atoms with Gasteiger partial charge >= 0.3 is 12.3 Å². The summed E-state index contributed by atoms with van der Waals surface area (Å²) >= 11 is 0. The van der Waals surface area contributed by atoms with Crippen molar-refractivity contribution in [1.29, 1.82) is 0 Å². The Morgan fingerprint density at radius 1 is 1.30 bits per heavy atom. The zero-order chi connectivity index (χ0) is 17.7. The van der Waals surface area contributed by atoms with Crippen molar-refractivity contribution in [3.05, 3.63) is 35.4 Å². The van der Waals surface area contributed by atoms with Crippen molar-refractivity contribution in [3.8, 4) is 5.75 Å². The van der Waals surface area contributed by atoms with Crippen LogP contribution in [0.15, 0.2) is 24.3 Å². The molecule has 1 rings (SSSR count). The van der Waals surface area contributed by atoms with Gasteiger partial charge in [0.2, 0.25) is 0 Å². The molecule has 0 bridgehead atoms. The van der Waals surface area contributed by atoms with Gasteiger partial charge in [0.05, 0.1) is 5.56 Å². The summed E-state index contributed by atoms with van der Waals surface area (Å²) in [6.07, 6.45) is -1.96. The monoisotopic (exact) mass is 331 g/mol. The van der Waals surface area contributed by atoms with E-state index in [0.717, 1.165) is 0 Å². The first-order chi connectivity index (χ1) is 10.5. The summed E-state index contributed by atoms with van der Waals surface area (Å²) in [5.41, 5.74) is -1.56. The van der Waals surface area contributed by atoms with Crippen LogP contribution in [0.4, 0.5) is 18.0 Å². The third-order valence-electron chi connectivity index (χ3n) is 2.62. The summed E-state index contributed by atoms with van der Waals surface area (Å²) in [6.45, 7) is 5.44. The van der Waals surface area contributed by atoms with Gasteiger partial charge in [-0.15, -0.1) is 0 Å². The van der Waals surface area contributed by atoms with Crippen molar-refractivity contribution in [2.24, 2.45) is 0 Å². The maximum absolute atomic E-state index is 12.8. The molecule has 0 aliphatic carbocycles. The number of nitrogens with one attached hydrogen (secondary N) is 1. The normalized spacial score (nSPS) is 12.4. The average molecular weight is 331 g/mol. The molecule has 0 radical (unpaired) electrons. The van der Waals surface area contributed by atoms with Gasteiger partial charge < -0.3 is 15.2 Å². The number of aromatic hydroxyl groups is 1. The molecule has 0 saturated carbocycles. The molecule has 0 aliphatic heterocycles. The molecule has 4 nitrogen and oxygen atoms in total. The van der Waals surface area contributed by atoms with Crippen molar-refractivity contribution >= 4 is 12.2 Å². The minimum Gasteiger partial charge on any atom is -0.508 e. The number of hydrogen-bond donors (Lipinski definition) is 2. The van der Waals surface area contributed by atoms with Crippen LogP contribution in [0.2, 0.25) is 0 Å². The number of carbonyl (C=O) groups excluding carboxylic acids is 1. The smallest absolute Gasteiger partial charge is 0.417 e. The molecule has 0 aromatic heterocycles. The van der Waals surface area contributed by atoms with Crippen LogP contribution >= 0.6 is 0 Å². The van der Waals surface area contributed by atoms with E-state index in [9.17, 15) is 23.1 Å². The molecule has 1 amide bonds. The highest BCUT2D eigenvalue weighted by Gasteiger charge is 2.33. The first kappa shape index (κ1) is 18.9. The van der Waals surface area contributed by atoms with E-state index in [0.29, 0.717) is 12.5 Å². The van der Waals surface area contributed by atoms with Crippen LogP contribution < -0.4 is 5.32 Å². The summed E-state index contributed by atoms with van der Waals surface area (Å²) in [5.74, 6) is -0.443. The molecule has 7 heteroatoms. The lowest BCUT2D eigenvalue weighted by molar-refractivity contribution is -0.137. The Morgan fingerprint density at radius 3 is 2.52 bits per heavy atom. The van der Waals surface area contributed by atoms with E-state index in [1.807, 2.05) is 0 Å². The van der Waals surface area contributed by atoms with Gasteiger partial charge in [-0.25, -0.2) is 4.79 Å². The van der Waals surface area contributed by atoms with E-state index in [-0.39, 0.29) is 12.1 Å². The largest absolute Gasteiger partial charge is 0.508 e. The van der Waals surface area contributed by atoms with Gasteiger partial charge in [-0.3, -0.25) is 0 Å². The molecule has 0 atom stereocenters. The topological polar surface area (TPSA) is 58.6 Å². The van der Waals surface area contributed by atoms with Crippen LogP contribution in [0.1, 0.15) is 38.3 Å². The Labute approximate surface area is 133 Å². The summed E-state index contributed by atoms with van der Waals surface area (Å²) < 4.78 is 43.6. The van der Waals surface area contributed by atoms with Gasteiger partial charge in [-0.1, -0.05) is 18.2 Å². The Bertz CT molecular complexity index is 575. The van der Waals surface area contributed by atoms with Crippen molar-refractivity contribution < 1.29 is 27.8 Å². The van der Waals surface area contributed by atoms with E-state index >= 15 is 0 Å². The number of carbonyl (C=O) groups is 1. The second kappa shape index (κ2) is 7.39. The van der Waals surface area contributed by atoms with Gasteiger partial charge in [0.25, 0.3) is 0 Å². The first-order valence-electron chi connectivity index (χ1n) is 7.02. The lowest BCUT2D eigenvalue weighted by Crippen LogP contribution is -2.32. The predicted octanol–water partition coefficient (Wildman–Crippen LogP) is 4.34. The highest BCUT2D eigenvalue weighted by Crippen LogP contribution is 2.34. The summed E-state index contributed by atoms with van der Waals surface area (Å²) in [5, 5.41) is 11.7. The third-order valence-corrected chi connectivity index (χ3v) is 2.62. The van der Waals surface area contributed by atoms with Crippen LogP contribution in [-0.4, -0.2) is 23.3 Å². The second-order valence-corrected chi connectivity index (χ2v) is 5.89. The Kier molecular flexibility index (Phi) is 6.06. The minimum absolute atomic E-state index is 0.0485. The zero-order valence-electron chi connectivity index (χ0n) is 13.2. The highest BCUT2D eigenvalue weighted by atomic mass is 19.4. The molecule has 0 aliphatic rings. The third kappa shape index (κ3) is 7.08. The van der Waals surface area contributed by atoms with Crippen LogP contribution in [0.25, 0.3) is 6.08 Å². The quantitative estimate of drug-likeness (QED) is 0.807. The fraction of sp³-hybridized carbons (Fsp3) is 0.438. The molecular formula is C16H20F3NO3. The fourth-order valence-corrected chi connectivity index (χ4v) is 1.72. The number of alkyl halides is 3. The molecular weight excluding hydrogens is 311 g/mol. The van der Waals surface area contributed by atoms with E-state index in [1.54, 1.807) is 20.8 Å². The van der Waals surface area contributed by atoms with Crippen molar-refractivity contribution in [2.75, 3.05) is 6.54 Å². The number of halogens is 3. The fourth-order valence-electron chi connectivity index (χ4n) is 1.72. The summed E-state index contributed by atoms with van der Waals surface area (Å²) in [7, 11) is 0. The Balaban J connectivity index is 2.58. The number of phenols is 1. The zero-order valence-corrected chi connectivity index (χ0v) is 13.2. The number of rotatable bonds is 4. The Hall–Kier alpha value is -2.18. The number of phenolic OH excluding ortho intramolecular Hbond substituents is 1. The number of hydrogen-bond acceptors (Lipinski definition) is 3. The molecule has 2 N–H and O–H groups in total. The van der Waals surface area contributed by atoms with Crippen molar-refractivity contribution in [2.45, 2.75) is 39.0 Å². The number of amides is 1. The first-order valence-corrected chi connectivity index (χ1v) is 7.02. The molecule has 0 fully saturated rings. The minimum atomic E-state index is -4.55. The number of alkyl carbamates (subject to hydrolysis) is 1. The van der Waals surface area contributed by atoms with Gasteiger partial charge in [-0.2, -0.15) is 13.2 Å². The van der Waals surface area contributed by atoms with Crippen LogP contribution in [0.3, 0.4) is 0 Å². The second-order valence-electron chi connectivity index (χ2n) is 5.89. The molecule has 1 aromatic rings. The molecule has 1 aromatic carbocycles. The molecule has 0 saturated heterocycles. The van der Waals surface area contributed by atoms with E-state index in [1.165, 1.54) is 24.3 Å². The molecule has 0 spiro atoms. The lowest BCUT2D eigenvalue weighted by atomic mass is 10.1. The number of benzene rings is 1. The van der Waals surface area contributed by atoms with Crippen molar-refractivity contribution in [3.63, 3.8) is 0 Å².